The summed E-state index contributed by atoms with van der Waals surface area (Å²) in [5.74, 6) is -0.150. The summed E-state index contributed by atoms with van der Waals surface area (Å²) in [4.78, 5) is 0. The average molecular weight is 182 g/mol. The minimum absolute atomic E-state index is 0.150. The maximum atomic E-state index is 12.6. The third-order valence-corrected chi connectivity index (χ3v) is 2.54. The van der Waals surface area contributed by atoms with Crippen molar-refractivity contribution in [3.05, 3.63) is 35.6 Å². The summed E-state index contributed by atoms with van der Waals surface area (Å²) in [5, 5.41) is 4.64. The van der Waals surface area contributed by atoms with Gasteiger partial charge in [0.05, 0.1) is 0 Å². The summed E-state index contributed by atoms with van der Waals surface area (Å²) >= 11 is 0. The molecule has 1 aliphatic rings. The van der Waals surface area contributed by atoms with Crippen LogP contribution < -0.4 is 10.6 Å². The third kappa shape index (κ3) is 2.05. The predicted molar refractivity (Wildman–Crippen MR) is 47.6 cm³/mol. The zero-order chi connectivity index (χ0) is 9.10. The van der Waals surface area contributed by atoms with E-state index in [1.165, 1.54) is 24.2 Å². The number of quaternary nitrogens is 2. The first kappa shape index (κ1) is 8.66. The fraction of sp³-hybridized carbons (Fsp3) is 0.400. The van der Waals surface area contributed by atoms with Gasteiger partial charge in [0.2, 0.25) is 0 Å². The van der Waals surface area contributed by atoms with E-state index in [2.05, 4.69) is 10.6 Å². The van der Waals surface area contributed by atoms with Crippen molar-refractivity contribution in [2.24, 2.45) is 0 Å². The Morgan fingerprint density at radius 3 is 2.54 bits per heavy atom. The molecule has 1 saturated heterocycles. The van der Waals surface area contributed by atoms with Crippen molar-refractivity contribution in [2.75, 3.05) is 19.6 Å². The van der Waals surface area contributed by atoms with Crippen LogP contribution in [0.3, 0.4) is 0 Å². The molecular formula is C10H15FN2+2. The number of piperazine rings is 1. The van der Waals surface area contributed by atoms with Crippen LogP contribution in [0, 0.1) is 5.82 Å². The number of hydrogen-bond acceptors (Lipinski definition) is 0. The van der Waals surface area contributed by atoms with Crippen LogP contribution in [0.2, 0.25) is 0 Å². The fourth-order valence-corrected chi connectivity index (χ4v) is 1.79. The first-order valence-electron chi connectivity index (χ1n) is 4.77. The Morgan fingerprint density at radius 2 is 1.92 bits per heavy atom. The first-order valence-corrected chi connectivity index (χ1v) is 4.77. The zero-order valence-corrected chi connectivity index (χ0v) is 7.54. The Balaban J connectivity index is 2.10. The van der Waals surface area contributed by atoms with Crippen LogP contribution in [0.1, 0.15) is 11.6 Å². The van der Waals surface area contributed by atoms with Crippen molar-refractivity contribution >= 4 is 0 Å². The number of halogens is 1. The zero-order valence-electron chi connectivity index (χ0n) is 7.54. The lowest BCUT2D eigenvalue weighted by molar-refractivity contribution is -0.816. The van der Waals surface area contributed by atoms with Crippen molar-refractivity contribution < 1.29 is 15.0 Å². The van der Waals surface area contributed by atoms with E-state index in [4.69, 9.17) is 0 Å². The van der Waals surface area contributed by atoms with E-state index in [-0.39, 0.29) is 5.82 Å². The molecule has 0 aliphatic carbocycles. The summed E-state index contributed by atoms with van der Waals surface area (Å²) in [6.45, 7) is 3.45. The van der Waals surface area contributed by atoms with Gasteiger partial charge in [-0.3, -0.25) is 0 Å². The second kappa shape index (κ2) is 3.85. The summed E-state index contributed by atoms with van der Waals surface area (Å²) in [6.07, 6.45) is 0. The topological polar surface area (TPSA) is 33.2 Å². The van der Waals surface area contributed by atoms with E-state index in [0.29, 0.717) is 6.04 Å². The maximum Gasteiger partial charge on any atom is 0.161 e. The molecular weight excluding hydrogens is 167 g/mol. The van der Waals surface area contributed by atoms with Crippen LogP contribution >= 0.6 is 0 Å². The Kier molecular flexibility index (Phi) is 2.57. The van der Waals surface area contributed by atoms with Gasteiger partial charge in [0.25, 0.3) is 0 Å². The fourth-order valence-electron chi connectivity index (χ4n) is 1.79. The lowest BCUT2D eigenvalue weighted by Gasteiger charge is -2.18. The Bertz CT molecular complexity index is 265. The van der Waals surface area contributed by atoms with Gasteiger partial charge in [-0.2, -0.15) is 0 Å². The van der Waals surface area contributed by atoms with Gasteiger partial charge in [0, 0.05) is 5.56 Å². The van der Waals surface area contributed by atoms with E-state index >= 15 is 0 Å². The van der Waals surface area contributed by atoms with Crippen LogP contribution in [0.4, 0.5) is 4.39 Å². The second-order valence-corrected chi connectivity index (χ2v) is 3.50. The number of benzene rings is 1. The maximum absolute atomic E-state index is 12.6. The smallest absolute Gasteiger partial charge is 0.161 e. The largest absolute Gasteiger partial charge is 0.336 e. The van der Waals surface area contributed by atoms with Crippen molar-refractivity contribution in [1.82, 2.24) is 0 Å². The van der Waals surface area contributed by atoms with Crippen molar-refractivity contribution in [1.29, 1.82) is 0 Å². The third-order valence-electron chi connectivity index (χ3n) is 2.54. The highest BCUT2D eigenvalue weighted by Crippen LogP contribution is 2.08. The van der Waals surface area contributed by atoms with Crippen LogP contribution in [0.5, 0.6) is 0 Å². The predicted octanol–water partition coefficient (Wildman–Crippen LogP) is -0.993. The second-order valence-electron chi connectivity index (χ2n) is 3.50. The summed E-state index contributed by atoms with van der Waals surface area (Å²) in [5.41, 5.74) is 1.23. The van der Waals surface area contributed by atoms with Gasteiger partial charge in [-0.25, -0.2) is 4.39 Å². The standard InChI is InChI=1S/C10H13FN2/c11-9-3-1-8(2-4-9)10-7-12-5-6-13-10/h1-4,10,12-13H,5-7H2/p+2/t10-/m1/s1. The molecule has 1 aromatic rings. The number of hydrogen-bond donors (Lipinski definition) is 2. The van der Waals surface area contributed by atoms with E-state index < -0.39 is 0 Å². The minimum atomic E-state index is -0.150. The Labute approximate surface area is 77.2 Å². The highest BCUT2D eigenvalue weighted by atomic mass is 19.1. The molecule has 0 bridgehead atoms. The number of rotatable bonds is 1. The monoisotopic (exact) mass is 182 g/mol. The Morgan fingerprint density at radius 1 is 1.15 bits per heavy atom. The van der Waals surface area contributed by atoms with Crippen LogP contribution in [0.25, 0.3) is 0 Å². The van der Waals surface area contributed by atoms with E-state index in [1.54, 1.807) is 0 Å². The van der Waals surface area contributed by atoms with Gasteiger partial charge < -0.3 is 10.6 Å². The lowest BCUT2D eigenvalue weighted by Crippen LogP contribution is -3.04. The molecule has 2 nitrogen and oxygen atoms in total. The minimum Gasteiger partial charge on any atom is -0.336 e. The van der Waals surface area contributed by atoms with Gasteiger partial charge in [0.15, 0.2) is 6.04 Å². The molecule has 1 atom stereocenters. The SMILES string of the molecule is Fc1ccc([C@H]2C[NH2+]CC[NH2+]2)cc1. The van der Waals surface area contributed by atoms with Gasteiger partial charge in [-0.1, -0.05) is 0 Å². The molecule has 1 heterocycles. The van der Waals surface area contributed by atoms with Crippen LogP contribution in [-0.4, -0.2) is 19.6 Å². The molecule has 0 amide bonds. The molecule has 0 aromatic heterocycles. The van der Waals surface area contributed by atoms with E-state index in [1.807, 2.05) is 12.1 Å². The average Bonchev–Trinajstić information content (AvgIpc) is 2.20. The van der Waals surface area contributed by atoms with Crippen molar-refractivity contribution in [2.45, 2.75) is 6.04 Å². The molecule has 0 radical (unpaired) electrons. The normalized spacial score (nSPS) is 23.0. The molecule has 13 heavy (non-hydrogen) atoms. The van der Waals surface area contributed by atoms with E-state index in [0.717, 1.165) is 13.1 Å². The lowest BCUT2D eigenvalue weighted by atomic mass is 10.1. The summed E-state index contributed by atoms with van der Waals surface area (Å²) < 4.78 is 12.6. The molecule has 4 N–H and O–H groups in total. The van der Waals surface area contributed by atoms with Gasteiger partial charge in [-0.05, 0) is 24.3 Å². The molecule has 70 valence electrons. The number of nitrogens with two attached hydrogens (primary N) is 2. The van der Waals surface area contributed by atoms with Gasteiger partial charge in [-0.15, -0.1) is 0 Å². The Hall–Kier alpha value is -0.930. The molecule has 1 aromatic carbocycles. The van der Waals surface area contributed by atoms with Crippen molar-refractivity contribution in [3.63, 3.8) is 0 Å². The van der Waals surface area contributed by atoms with Crippen LogP contribution in [-0.2, 0) is 0 Å². The molecule has 1 aliphatic heterocycles. The highest BCUT2D eigenvalue weighted by molar-refractivity contribution is 5.18. The summed E-state index contributed by atoms with van der Waals surface area (Å²) in [7, 11) is 0. The van der Waals surface area contributed by atoms with Gasteiger partial charge in [0.1, 0.15) is 25.5 Å². The molecule has 1 fully saturated rings. The molecule has 0 unspecified atom stereocenters. The first-order chi connectivity index (χ1) is 6.36. The molecule has 2 rings (SSSR count). The van der Waals surface area contributed by atoms with Gasteiger partial charge >= 0.3 is 0 Å². The molecule has 0 saturated carbocycles. The molecule has 3 heteroatoms. The highest BCUT2D eigenvalue weighted by Gasteiger charge is 2.20. The molecule has 0 spiro atoms. The quantitative estimate of drug-likeness (QED) is 0.559. The van der Waals surface area contributed by atoms with Crippen LogP contribution in [0.15, 0.2) is 24.3 Å². The van der Waals surface area contributed by atoms with Crippen molar-refractivity contribution in [3.8, 4) is 0 Å². The van der Waals surface area contributed by atoms with E-state index in [9.17, 15) is 4.39 Å². The summed E-state index contributed by atoms with van der Waals surface area (Å²) in [6, 6.07) is 7.36.